The Morgan fingerprint density at radius 1 is 0.688 bits per heavy atom. The molecule has 0 bridgehead atoms. The van der Waals surface area contributed by atoms with E-state index < -0.39 is 152 Å². The van der Waals surface area contributed by atoms with Gasteiger partial charge in [0, 0.05) is 72.5 Å². The van der Waals surface area contributed by atoms with Gasteiger partial charge in [-0.2, -0.15) is 0 Å². The molecule has 1 aliphatic carbocycles. The molecule has 4 atom stereocenters. The molecule has 1 aromatic rings. The second-order valence-corrected chi connectivity index (χ2v) is 17.0. The molecular weight excluding hydrogens is 959 g/mol. The van der Waals surface area contributed by atoms with E-state index in [1.54, 1.807) is 18.2 Å². The molecule has 1 heterocycles. The number of imide groups is 1. The van der Waals surface area contributed by atoms with Crippen LogP contribution in [0.5, 0.6) is 0 Å². The molecule has 21 nitrogen and oxygen atoms in total. The van der Waals surface area contributed by atoms with E-state index in [1.165, 1.54) is 0 Å². The number of amides is 5. The average Bonchev–Trinajstić information content (AvgIpc) is 3.56. The zero-order valence-electron chi connectivity index (χ0n) is 34.9. The second kappa shape index (κ2) is 26.1. The third kappa shape index (κ3) is 17.8. The number of hydroxylamine groups is 2. The van der Waals surface area contributed by atoms with Gasteiger partial charge in [0.05, 0.1) is 23.9 Å². The maximum Gasteiger partial charge on any atom is 0.336 e. The van der Waals surface area contributed by atoms with Gasteiger partial charge in [-0.25, -0.2) is 4.79 Å². The Morgan fingerprint density at radius 3 is 1.77 bits per heavy atom. The van der Waals surface area contributed by atoms with Crippen LogP contribution in [0.4, 0.5) is 0 Å². The van der Waals surface area contributed by atoms with Crippen LogP contribution < -0.4 is 16.0 Å². The minimum absolute atomic E-state index is 0.00396. The first-order valence-electron chi connectivity index (χ1n) is 20.9. The molecule has 22 heteroatoms. The number of benzene rings is 1. The zero-order chi connectivity index (χ0) is 47.5. The predicted octanol–water partition coefficient (Wildman–Crippen LogP) is 2.40. The van der Waals surface area contributed by atoms with Gasteiger partial charge < -0.3 is 41.2 Å². The van der Waals surface area contributed by atoms with E-state index in [0.717, 1.165) is 3.57 Å². The number of hydrogen-bond acceptors (Lipinski definition) is 13. The van der Waals surface area contributed by atoms with Gasteiger partial charge in [0.25, 0.3) is 17.7 Å². The van der Waals surface area contributed by atoms with E-state index >= 15 is 0 Å². The number of halogens is 1. The lowest BCUT2D eigenvalue weighted by atomic mass is 9.81. The van der Waals surface area contributed by atoms with Gasteiger partial charge in [0.2, 0.25) is 11.8 Å². The highest BCUT2D eigenvalue weighted by Crippen LogP contribution is 2.31. The topological polar surface area (TPSA) is 334 Å². The van der Waals surface area contributed by atoms with Crippen LogP contribution in [-0.2, 0) is 57.6 Å². The summed E-state index contributed by atoms with van der Waals surface area (Å²) in [7, 11) is 0. The van der Waals surface area contributed by atoms with Gasteiger partial charge >= 0.3 is 29.8 Å². The first kappa shape index (κ1) is 52.5. The molecule has 1 saturated carbocycles. The number of aliphatic carboxylic acids is 4. The molecule has 64 heavy (non-hydrogen) atoms. The lowest BCUT2D eigenvalue weighted by Crippen LogP contribution is -2.48. The summed E-state index contributed by atoms with van der Waals surface area (Å²) in [5, 5.41) is 46.1. The molecule has 2 fully saturated rings. The predicted molar refractivity (Wildman–Crippen MR) is 226 cm³/mol. The lowest BCUT2D eigenvalue weighted by Gasteiger charge is -2.29. The maximum atomic E-state index is 13.7. The van der Waals surface area contributed by atoms with Crippen LogP contribution in [-0.4, -0.2) is 115 Å². The van der Waals surface area contributed by atoms with Crippen LogP contribution in [0.15, 0.2) is 24.3 Å². The summed E-state index contributed by atoms with van der Waals surface area (Å²) in [6.07, 6.45) is -3.57. The molecule has 350 valence electrons. The number of rotatable bonds is 28. The smallest absolute Gasteiger partial charge is 0.336 e. The van der Waals surface area contributed by atoms with Crippen molar-refractivity contribution in [3.63, 3.8) is 0 Å². The number of carbonyl (C=O) groups excluding carboxylic acids is 8. The summed E-state index contributed by atoms with van der Waals surface area (Å²) < 4.78 is 0.861. The van der Waals surface area contributed by atoms with Crippen molar-refractivity contribution in [2.75, 3.05) is 6.54 Å². The highest BCUT2D eigenvalue weighted by molar-refractivity contribution is 14.1. The highest BCUT2D eigenvalue weighted by Gasteiger charge is 2.38. The summed E-state index contributed by atoms with van der Waals surface area (Å²) in [5.41, 5.74) is 0.447. The Hall–Kier alpha value is -5.81. The monoisotopic (exact) mass is 1010 g/mol. The number of carboxylic acid groups (broad SMARTS) is 4. The van der Waals surface area contributed by atoms with E-state index in [4.69, 9.17) is 4.84 Å². The SMILES string of the molecule is O=C(O)CC[C@@H](CC(=O)[C@@H](CCC(=O)O)NC(=O)C1CCC(C(=O)ON2C(=O)CCC2=O)CC1)C(=O)N[C@H](CCC(=O)O)C(=O)C[C@H](CCCCNC(=O)c1cccc(I)c1)C(=O)O. The number of hydrogen-bond donors (Lipinski definition) is 7. The zero-order valence-corrected chi connectivity index (χ0v) is 37.1. The summed E-state index contributed by atoms with van der Waals surface area (Å²) in [4.78, 5) is 155. The molecule has 1 aliphatic heterocycles. The van der Waals surface area contributed by atoms with Crippen LogP contribution in [0.1, 0.15) is 120 Å². The van der Waals surface area contributed by atoms with Crippen molar-refractivity contribution in [1.82, 2.24) is 21.0 Å². The molecule has 0 spiro atoms. The summed E-state index contributed by atoms with van der Waals surface area (Å²) in [6, 6.07) is 3.87. The van der Waals surface area contributed by atoms with Gasteiger partial charge in [0.15, 0.2) is 11.6 Å². The van der Waals surface area contributed by atoms with E-state index in [-0.39, 0.29) is 63.8 Å². The van der Waals surface area contributed by atoms with Crippen molar-refractivity contribution in [3.05, 3.63) is 33.4 Å². The third-order valence-electron chi connectivity index (χ3n) is 11.0. The number of carboxylic acids is 4. The molecule has 0 unspecified atom stereocenters. The molecule has 2 aliphatic rings. The Labute approximate surface area is 380 Å². The quantitative estimate of drug-likeness (QED) is 0.0360. The molecule has 3 rings (SSSR count). The maximum absolute atomic E-state index is 13.7. The Morgan fingerprint density at radius 2 is 1.22 bits per heavy atom. The van der Waals surface area contributed by atoms with Crippen LogP contribution in [0.3, 0.4) is 0 Å². The average molecular weight is 1010 g/mol. The van der Waals surface area contributed by atoms with Crippen molar-refractivity contribution >= 4 is 93.5 Å². The van der Waals surface area contributed by atoms with Gasteiger partial charge in [-0.1, -0.05) is 12.5 Å². The summed E-state index contributed by atoms with van der Waals surface area (Å²) >= 11 is 2.07. The van der Waals surface area contributed by atoms with Gasteiger partial charge in [-0.05, 0) is 98.6 Å². The number of unbranched alkanes of at least 4 members (excludes halogenated alkanes) is 1. The normalized spacial score (nSPS) is 17.9. The third-order valence-corrected chi connectivity index (χ3v) is 11.7. The Bertz CT molecular complexity index is 1930. The number of nitrogens with one attached hydrogen (secondary N) is 3. The molecule has 0 radical (unpaired) electrons. The van der Waals surface area contributed by atoms with Crippen LogP contribution in [0.2, 0.25) is 0 Å². The molecule has 1 aromatic carbocycles. The molecule has 5 amide bonds. The fourth-order valence-corrected chi connectivity index (χ4v) is 7.85. The fraction of sp³-hybridized carbons (Fsp3) is 0.571. The highest BCUT2D eigenvalue weighted by atomic mass is 127. The minimum atomic E-state index is -1.55. The molecule has 7 N–H and O–H groups in total. The van der Waals surface area contributed by atoms with Crippen LogP contribution in [0.25, 0.3) is 0 Å². The fourth-order valence-electron chi connectivity index (χ4n) is 7.31. The minimum Gasteiger partial charge on any atom is -0.481 e. The van der Waals surface area contributed by atoms with Crippen molar-refractivity contribution < 1.29 is 82.8 Å². The number of Topliss-reactive ketones (excluding diaryl/α,β-unsaturated/α-hetero) is 2. The van der Waals surface area contributed by atoms with Gasteiger partial charge in [0.1, 0.15) is 0 Å². The Kier molecular flexibility index (Phi) is 21.4. The van der Waals surface area contributed by atoms with E-state index in [9.17, 15) is 78.0 Å². The van der Waals surface area contributed by atoms with Gasteiger partial charge in [-0.3, -0.25) is 52.7 Å². The van der Waals surface area contributed by atoms with Crippen molar-refractivity contribution in [3.8, 4) is 0 Å². The standard InChI is InChI=1S/C42H53IN4O17/c43-28-6-3-5-25(20-28)38(58)44-19-2-1-4-27(41(61)62)22-32(49)30(13-18-37(56)57)46-40(60)26(11-16-35(52)53)21-31(48)29(12-17-36(54)55)45-39(59)23-7-9-24(10-8-23)42(63)64-47-33(50)14-15-34(47)51/h3,5-6,20,23-24,26-27,29-30H,1-2,4,7-19,21-22H2,(H,44,58)(H,45,59)(H,46,60)(H,52,53)(H,54,55)(H,56,57)(H,61,62)/t23?,24?,26-,27-,29+,30+/m0/s1. The number of carbonyl (C=O) groups is 12. The summed E-state index contributed by atoms with van der Waals surface area (Å²) in [6.45, 7) is 0.215. The molecular formula is C42H53IN4O17. The van der Waals surface area contributed by atoms with Crippen LogP contribution in [0, 0.1) is 27.2 Å². The van der Waals surface area contributed by atoms with Crippen molar-refractivity contribution in [2.24, 2.45) is 23.7 Å². The van der Waals surface area contributed by atoms with Crippen molar-refractivity contribution in [2.45, 2.75) is 121 Å². The van der Waals surface area contributed by atoms with E-state index in [0.29, 0.717) is 17.0 Å². The lowest BCUT2D eigenvalue weighted by molar-refractivity contribution is -0.201. The van der Waals surface area contributed by atoms with Crippen LogP contribution >= 0.6 is 22.6 Å². The van der Waals surface area contributed by atoms with E-state index in [2.05, 4.69) is 38.5 Å². The Balaban J connectivity index is 1.65. The largest absolute Gasteiger partial charge is 0.481 e. The second-order valence-electron chi connectivity index (χ2n) is 15.8. The summed E-state index contributed by atoms with van der Waals surface area (Å²) in [5.74, 6) is -15.3. The first-order chi connectivity index (χ1) is 30.2. The van der Waals surface area contributed by atoms with E-state index in [1.807, 2.05) is 6.07 Å². The van der Waals surface area contributed by atoms with Crippen molar-refractivity contribution in [1.29, 1.82) is 0 Å². The number of nitrogens with zero attached hydrogens (tertiary/aromatic N) is 1. The number of ketones is 2. The molecule has 1 saturated heterocycles. The van der Waals surface area contributed by atoms with Gasteiger partial charge in [-0.15, -0.1) is 5.06 Å². The molecule has 0 aromatic heterocycles. The first-order valence-corrected chi connectivity index (χ1v) is 22.0.